The molecule has 26 heavy (non-hydrogen) atoms. The fraction of sp³-hybridized carbons (Fsp3) is 0.316. The Balaban J connectivity index is 1.88. The maximum atomic E-state index is 13.2. The molecular formula is C19H18O7. The Labute approximate surface area is 150 Å². The summed E-state index contributed by atoms with van der Waals surface area (Å²) in [5.74, 6) is 1.65. The van der Waals surface area contributed by atoms with Crippen LogP contribution in [-0.2, 0) is 5.60 Å². The molecule has 2 aromatic carbocycles. The monoisotopic (exact) mass is 358 g/mol. The van der Waals surface area contributed by atoms with E-state index in [0.717, 1.165) is 0 Å². The van der Waals surface area contributed by atoms with Crippen LogP contribution >= 0.6 is 0 Å². The number of carbonyl (C=O) groups is 1. The molecule has 0 radical (unpaired) electrons. The van der Waals surface area contributed by atoms with Gasteiger partial charge in [0.05, 0.1) is 26.9 Å². The zero-order valence-electron chi connectivity index (χ0n) is 14.6. The molecule has 0 aliphatic carbocycles. The van der Waals surface area contributed by atoms with Crippen molar-refractivity contribution in [2.24, 2.45) is 0 Å². The van der Waals surface area contributed by atoms with Gasteiger partial charge in [0.2, 0.25) is 5.78 Å². The largest absolute Gasteiger partial charge is 0.497 e. The predicted molar refractivity (Wildman–Crippen MR) is 90.7 cm³/mol. The standard InChI is InChI=1S/C19H18O7/c1-22-10-4-5-11-13(6-10)26-17-9-25-14-8-16(24-3)15(23-2)7-12(14)19(17,21)18(11)20/h4-8,17,21H,9H2,1-3H3/t17-,19-/m0/s1. The van der Waals surface area contributed by atoms with Crippen molar-refractivity contribution in [3.05, 3.63) is 41.5 Å². The molecule has 4 rings (SSSR count). The first kappa shape index (κ1) is 16.5. The molecule has 1 N–H and O–H groups in total. The maximum Gasteiger partial charge on any atom is 0.206 e. The molecule has 0 amide bonds. The molecule has 7 heteroatoms. The minimum absolute atomic E-state index is 0.0153. The summed E-state index contributed by atoms with van der Waals surface area (Å²) in [6, 6.07) is 8.01. The van der Waals surface area contributed by atoms with Crippen molar-refractivity contribution in [1.82, 2.24) is 0 Å². The molecule has 0 aromatic heterocycles. The van der Waals surface area contributed by atoms with Gasteiger partial charge in [-0.2, -0.15) is 0 Å². The van der Waals surface area contributed by atoms with E-state index in [9.17, 15) is 9.90 Å². The van der Waals surface area contributed by atoms with Crippen molar-refractivity contribution < 1.29 is 33.6 Å². The summed E-state index contributed by atoms with van der Waals surface area (Å²) in [4.78, 5) is 13.2. The summed E-state index contributed by atoms with van der Waals surface area (Å²) in [7, 11) is 4.52. The molecule has 0 bridgehead atoms. The smallest absolute Gasteiger partial charge is 0.206 e. The Morgan fingerprint density at radius 1 is 1.04 bits per heavy atom. The van der Waals surface area contributed by atoms with E-state index in [2.05, 4.69) is 0 Å². The molecule has 2 heterocycles. The third kappa shape index (κ3) is 2.13. The second-order valence-corrected chi connectivity index (χ2v) is 6.08. The van der Waals surface area contributed by atoms with Gasteiger partial charge >= 0.3 is 0 Å². The molecule has 7 nitrogen and oxygen atoms in total. The predicted octanol–water partition coefficient (Wildman–Crippen LogP) is 1.94. The summed E-state index contributed by atoms with van der Waals surface area (Å²) < 4.78 is 27.3. The zero-order chi connectivity index (χ0) is 18.5. The lowest BCUT2D eigenvalue weighted by Gasteiger charge is -2.43. The number of Topliss-reactive ketones (excluding diaryl/α,β-unsaturated/α-hetero) is 1. The number of aliphatic hydroxyl groups is 1. The van der Waals surface area contributed by atoms with Crippen LogP contribution in [0.3, 0.4) is 0 Å². The summed E-state index contributed by atoms with van der Waals surface area (Å²) in [6.07, 6.45) is -0.889. The van der Waals surface area contributed by atoms with Gasteiger partial charge in [-0.1, -0.05) is 0 Å². The number of benzene rings is 2. The van der Waals surface area contributed by atoms with Gasteiger partial charge in [0, 0.05) is 17.7 Å². The van der Waals surface area contributed by atoms with Crippen LogP contribution in [0.4, 0.5) is 0 Å². The van der Waals surface area contributed by atoms with Gasteiger partial charge < -0.3 is 28.8 Å². The van der Waals surface area contributed by atoms with Gasteiger partial charge in [0.15, 0.2) is 23.2 Å². The first-order valence-corrected chi connectivity index (χ1v) is 8.04. The molecule has 2 aliphatic heterocycles. The van der Waals surface area contributed by atoms with Crippen LogP contribution in [0.25, 0.3) is 0 Å². The van der Waals surface area contributed by atoms with E-state index < -0.39 is 17.5 Å². The molecular weight excluding hydrogens is 340 g/mol. The lowest BCUT2D eigenvalue weighted by Crippen LogP contribution is -2.57. The summed E-state index contributed by atoms with van der Waals surface area (Å²) >= 11 is 0. The second-order valence-electron chi connectivity index (χ2n) is 6.08. The number of ketones is 1. The molecule has 0 unspecified atom stereocenters. The van der Waals surface area contributed by atoms with Crippen LogP contribution in [0.5, 0.6) is 28.7 Å². The molecule has 136 valence electrons. The summed E-state index contributed by atoms with van der Waals surface area (Å²) in [5, 5.41) is 11.4. The topological polar surface area (TPSA) is 83.5 Å². The van der Waals surface area contributed by atoms with E-state index in [-0.39, 0.29) is 17.7 Å². The highest BCUT2D eigenvalue weighted by atomic mass is 16.6. The zero-order valence-corrected chi connectivity index (χ0v) is 14.6. The highest BCUT2D eigenvalue weighted by molar-refractivity contribution is 6.07. The molecule has 2 atom stereocenters. The Kier molecular flexibility index (Phi) is 3.69. The SMILES string of the molecule is COc1ccc2c(c1)O[C@H]1COc3cc(OC)c(OC)cc3[C@@]1(O)C2=O. The normalized spacial score (nSPS) is 22.9. The number of carbonyl (C=O) groups excluding carboxylic acids is 1. The Morgan fingerprint density at radius 3 is 2.46 bits per heavy atom. The highest BCUT2D eigenvalue weighted by Crippen LogP contribution is 2.49. The van der Waals surface area contributed by atoms with Crippen molar-refractivity contribution in [3.63, 3.8) is 0 Å². The number of hydrogen-bond donors (Lipinski definition) is 1. The van der Waals surface area contributed by atoms with Crippen molar-refractivity contribution in [2.75, 3.05) is 27.9 Å². The fourth-order valence-electron chi connectivity index (χ4n) is 3.40. The van der Waals surface area contributed by atoms with Crippen LogP contribution in [0.15, 0.2) is 30.3 Å². The van der Waals surface area contributed by atoms with Crippen molar-refractivity contribution in [3.8, 4) is 28.7 Å². The highest BCUT2D eigenvalue weighted by Gasteiger charge is 2.56. The van der Waals surface area contributed by atoms with Crippen molar-refractivity contribution in [1.29, 1.82) is 0 Å². The van der Waals surface area contributed by atoms with E-state index in [0.29, 0.717) is 28.7 Å². The Hall–Kier alpha value is -2.93. The molecule has 2 aliphatic rings. The van der Waals surface area contributed by atoms with Crippen LogP contribution in [0.2, 0.25) is 0 Å². The summed E-state index contributed by atoms with van der Waals surface area (Å²) in [5.41, 5.74) is -1.31. The third-order valence-electron chi connectivity index (χ3n) is 4.80. The minimum atomic E-state index is -1.88. The number of ether oxygens (including phenoxy) is 5. The fourth-order valence-corrected chi connectivity index (χ4v) is 3.40. The van der Waals surface area contributed by atoms with Gasteiger partial charge in [-0.15, -0.1) is 0 Å². The first-order valence-electron chi connectivity index (χ1n) is 8.04. The average Bonchev–Trinajstić information content (AvgIpc) is 2.68. The lowest BCUT2D eigenvalue weighted by molar-refractivity contribution is -0.0800. The van der Waals surface area contributed by atoms with Crippen molar-refractivity contribution >= 4 is 5.78 Å². The van der Waals surface area contributed by atoms with Gasteiger partial charge in [-0.05, 0) is 18.2 Å². The third-order valence-corrected chi connectivity index (χ3v) is 4.80. The number of rotatable bonds is 3. The number of methoxy groups -OCH3 is 3. The van der Waals surface area contributed by atoms with Gasteiger partial charge in [-0.25, -0.2) is 0 Å². The van der Waals surface area contributed by atoms with E-state index in [4.69, 9.17) is 23.7 Å². The average molecular weight is 358 g/mol. The molecule has 0 spiro atoms. The molecule has 0 saturated heterocycles. The van der Waals surface area contributed by atoms with Gasteiger partial charge in [0.1, 0.15) is 23.9 Å². The van der Waals surface area contributed by atoms with E-state index in [1.165, 1.54) is 21.3 Å². The maximum absolute atomic E-state index is 13.2. The number of hydrogen-bond acceptors (Lipinski definition) is 7. The Morgan fingerprint density at radius 2 is 1.77 bits per heavy atom. The van der Waals surface area contributed by atoms with E-state index >= 15 is 0 Å². The molecule has 2 aromatic rings. The van der Waals surface area contributed by atoms with Crippen LogP contribution in [0.1, 0.15) is 15.9 Å². The molecule has 0 saturated carbocycles. The van der Waals surface area contributed by atoms with Gasteiger partial charge in [0.25, 0.3) is 0 Å². The van der Waals surface area contributed by atoms with Crippen LogP contribution in [0, 0.1) is 0 Å². The van der Waals surface area contributed by atoms with Crippen LogP contribution in [-0.4, -0.2) is 44.9 Å². The van der Waals surface area contributed by atoms with E-state index in [1.54, 1.807) is 30.3 Å². The lowest BCUT2D eigenvalue weighted by atomic mass is 9.77. The minimum Gasteiger partial charge on any atom is -0.497 e. The van der Waals surface area contributed by atoms with Crippen LogP contribution < -0.4 is 23.7 Å². The number of fused-ring (bicyclic) bond motifs is 4. The quantitative estimate of drug-likeness (QED) is 0.898. The summed E-state index contributed by atoms with van der Waals surface area (Å²) in [6.45, 7) is 0.0153. The Bertz CT molecular complexity index is 892. The second kappa shape index (κ2) is 5.81. The van der Waals surface area contributed by atoms with Gasteiger partial charge in [-0.3, -0.25) is 4.79 Å². The first-order chi connectivity index (χ1) is 12.5. The molecule has 0 fully saturated rings. The van der Waals surface area contributed by atoms with Crippen molar-refractivity contribution in [2.45, 2.75) is 11.7 Å². The van der Waals surface area contributed by atoms with E-state index in [1.807, 2.05) is 0 Å².